The number of benzene rings is 1. The van der Waals surface area contributed by atoms with E-state index in [4.69, 9.17) is 4.74 Å². The van der Waals surface area contributed by atoms with E-state index in [0.29, 0.717) is 31.9 Å². The zero-order chi connectivity index (χ0) is 22.2. The van der Waals surface area contributed by atoms with E-state index < -0.39 is 0 Å². The van der Waals surface area contributed by atoms with Crippen LogP contribution in [0.5, 0.6) is 5.75 Å². The zero-order valence-electron chi connectivity index (χ0n) is 17.9. The van der Waals surface area contributed by atoms with Gasteiger partial charge in [0.25, 0.3) is 0 Å². The van der Waals surface area contributed by atoms with Gasteiger partial charge in [-0.25, -0.2) is 4.68 Å². The monoisotopic (exact) mass is 433 g/mol. The number of ether oxygens (including phenoxy) is 1. The molecule has 2 amide bonds. The van der Waals surface area contributed by atoms with Crippen molar-refractivity contribution in [2.24, 2.45) is 0 Å². The van der Waals surface area contributed by atoms with Crippen molar-refractivity contribution in [1.82, 2.24) is 19.7 Å². The Morgan fingerprint density at radius 2 is 1.84 bits per heavy atom. The Morgan fingerprint density at radius 3 is 2.59 bits per heavy atom. The molecule has 0 spiro atoms. The molecule has 0 aliphatic carbocycles. The third-order valence-electron chi connectivity index (χ3n) is 5.52. The van der Waals surface area contributed by atoms with Crippen LogP contribution in [0.1, 0.15) is 30.9 Å². The van der Waals surface area contributed by atoms with Crippen LogP contribution in [0.3, 0.4) is 0 Å². The number of para-hydroxylation sites is 1. The van der Waals surface area contributed by atoms with Crippen LogP contribution in [-0.4, -0.2) is 51.2 Å². The van der Waals surface area contributed by atoms with Gasteiger partial charge in [-0.05, 0) is 36.6 Å². The molecule has 1 aromatic carbocycles. The van der Waals surface area contributed by atoms with Crippen molar-refractivity contribution < 1.29 is 14.3 Å². The van der Waals surface area contributed by atoms with Crippen LogP contribution in [0.25, 0.3) is 0 Å². The number of anilines is 1. The molecule has 0 radical (unpaired) electrons. The number of nitrogens with zero attached hydrogens (tertiary/aromatic N) is 4. The van der Waals surface area contributed by atoms with E-state index in [1.54, 1.807) is 24.7 Å². The van der Waals surface area contributed by atoms with Gasteiger partial charge < -0.3 is 15.0 Å². The van der Waals surface area contributed by atoms with Gasteiger partial charge >= 0.3 is 0 Å². The Balaban J connectivity index is 1.24. The summed E-state index contributed by atoms with van der Waals surface area (Å²) in [5.41, 5.74) is 0.924. The van der Waals surface area contributed by atoms with E-state index >= 15 is 0 Å². The quantitative estimate of drug-likeness (QED) is 0.590. The highest BCUT2D eigenvalue weighted by Crippen LogP contribution is 2.26. The van der Waals surface area contributed by atoms with Crippen molar-refractivity contribution in [2.45, 2.75) is 31.7 Å². The standard InChI is InChI=1S/C24H27N5O3/c30-23(11-16-32-21-6-2-1-3-7-21)27-22-8-13-26-29(22)20-9-14-28(15-10-20)24(31)17-19-5-4-12-25-18-19/h1-8,12-13,18,20H,9-11,14-17H2,(H,27,30). The molecule has 3 aromatic rings. The number of hydrogen-bond acceptors (Lipinski definition) is 5. The summed E-state index contributed by atoms with van der Waals surface area (Å²) in [5, 5.41) is 7.35. The Hall–Kier alpha value is -3.68. The number of likely N-dealkylation sites (tertiary alicyclic amines) is 1. The molecule has 0 bridgehead atoms. The third-order valence-corrected chi connectivity index (χ3v) is 5.52. The maximum absolute atomic E-state index is 12.6. The molecule has 1 aliphatic rings. The summed E-state index contributed by atoms with van der Waals surface area (Å²) in [6, 6.07) is 15.1. The first-order chi connectivity index (χ1) is 15.7. The molecule has 1 aliphatic heterocycles. The molecule has 32 heavy (non-hydrogen) atoms. The summed E-state index contributed by atoms with van der Waals surface area (Å²) in [4.78, 5) is 30.9. The van der Waals surface area contributed by atoms with Crippen LogP contribution in [-0.2, 0) is 16.0 Å². The van der Waals surface area contributed by atoms with E-state index in [-0.39, 0.29) is 24.3 Å². The van der Waals surface area contributed by atoms with Gasteiger partial charge in [-0.15, -0.1) is 0 Å². The number of pyridine rings is 1. The highest BCUT2D eigenvalue weighted by atomic mass is 16.5. The van der Waals surface area contributed by atoms with Gasteiger partial charge in [-0.3, -0.25) is 14.6 Å². The van der Waals surface area contributed by atoms with E-state index in [9.17, 15) is 9.59 Å². The largest absolute Gasteiger partial charge is 0.493 e. The molecule has 2 aromatic heterocycles. The van der Waals surface area contributed by atoms with E-state index in [1.165, 1.54) is 0 Å². The van der Waals surface area contributed by atoms with Crippen molar-refractivity contribution in [3.05, 3.63) is 72.7 Å². The minimum absolute atomic E-state index is 0.115. The molecule has 3 heterocycles. The van der Waals surface area contributed by atoms with Crippen molar-refractivity contribution in [1.29, 1.82) is 0 Å². The second-order valence-corrected chi connectivity index (χ2v) is 7.77. The molecule has 166 valence electrons. The minimum atomic E-state index is -0.119. The number of nitrogens with one attached hydrogen (secondary N) is 1. The lowest BCUT2D eigenvalue weighted by molar-refractivity contribution is -0.131. The van der Waals surface area contributed by atoms with Crippen LogP contribution < -0.4 is 10.1 Å². The Morgan fingerprint density at radius 1 is 1.03 bits per heavy atom. The van der Waals surface area contributed by atoms with E-state index in [2.05, 4.69) is 15.4 Å². The van der Waals surface area contributed by atoms with Crippen molar-refractivity contribution >= 4 is 17.6 Å². The molecular weight excluding hydrogens is 406 g/mol. The highest BCUT2D eigenvalue weighted by Gasteiger charge is 2.25. The lowest BCUT2D eigenvalue weighted by atomic mass is 10.0. The summed E-state index contributed by atoms with van der Waals surface area (Å²) in [7, 11) is 0. The summed E-state index contributed by atoms with van der Waals surface area (Å²) < 4.78 is 7.45. The first-order valence-corrected chi connectivity index (χ1v) is 10.9. The molecule has 0 atom stereocenters. The number of amides is 2. The Bertz CT molecular complexity index is 1010. The summed E-state index contributed by atoms with van der Waals surface area (Å²) in [5.74, 6) is 1.42. The SMILES string of the molecule is O=C(CCOc1ccccc1)Nc1ccnn1C1CCN(C(=O)Cc2cccnc2)CC1. The van der Waals surface area contributed by atoms with E-state index in [1.807, 2.05) is 52.0 Å². The van der Waals surface area contributed by atoms with Gasteiger partial charge in [0.1, 0.15) is 11.6 Å². The maximum Gasteiger partial charge on any atom is 0.228 e. The Kier molecular flexibility index (Phi) is 7.12. The molecule has 1 saturated heterocycles. The maximum atomic E-state index is 12.6. The molecular formula is C24H27N5O3. The first-order valence-electron chi connectivity index (χ1n) is 10.9. The fraction of sp³-hybridized carbons (Fsp3) is 0.333. The second kappa shape index (κ2) is 10.6. The molecule has 1 N–H and O–H groups in total. The number of piperidine rings is 1. The lowest BCUT2D eigenvalue weighted by Crippen LogP contribution is -2.40. The predicted octanol–water partition coefficient (Wildman–Crippen LogP) is 3.09. The van der Waals surface area contributed by atoms with Gasteiger partial charge in [0.15, 0.2) is 0 Å². The van der Waals surface area contributed by atoms with Gasteiger partial charge in [0.05, 0.1) is 31.7 Å². The molecule has 4 rings (SSSR count). The number of hydrogen-bond donors (Lipinski definition) is 1. The topological polar surface area (TPSA) is 89.4 Å². The molecule has 0 saturated carbocycles. The number of carbonyl (C=O) groups excluding carboxylic acids is 2. The lowest BCUT2D eigenvalue weighted by Gasteiger charge is -2.32. The summed E-state index contributed by atoms with van der Waals surface area (Å²) in [6.07, 6.45) is 7.33. The fourth-order valence-electron chi connectivity index (χ4n) is 3.84. The Labute approximate surface area is 187 Å². The number of carbonyl (C=O) groups is 2. The second-order valence-electron chi connectivity index (χ2n) is 7.77. The van der Waals surface area contributed by atoms with Crippen LogP contribution in [0, 0.1) is 0 Å². The summed E-state index contributed by atoms with van der Waals surface area (Å²) >= 11 is 0. The highest BCUT2D eigenvalue weighted by molar-refractivity contribution is 5.89. The third kappa shape index (κ3) is 5.72. The average molecular weight is 434 g/mol. The molecule has 8 nitrogen and oxygen atoms in total. The van der Waals surface area contributed by atoms with Crippen molar-refractivity contribution in [3.8, 4) is 5.75 Å². The van der Waals surface area contributed by atoms with Crippen molar-refractivity contribution in [2.75, 3.05) is 25.0 Å². The first kappa shape index (κ1) is 21.5. The molecule has 0 unspecified atom stereocenters. The summed E-state index contributed by atoms with van der Waals surface area (Å²) in [6.45, 7) is 1.64. The zero-order valence-corrected chi connectivity index (χ0v) is 17.9. The predicted molar refractivity (Wildman–Crippen MR) is 120 cm³/mol. The smallest absolute Gasteiger partial charge is 0.228 e. The molecule has 8 heteroatoms. The van der Waals surface area contributed by atoms with Crippen LogP contribution in [0.2, 0.25) is 0 Å². The van der Waals surface area contributed by atoms with Crippen LogP contribution in [0.15, 0.2) is 67.1 Å². The van der Waals surface area contributed by atoms with Gasteiger partial charge in [0, 0.05) is 31.5 Å². The van der Waals surface area contributed by atoms with Crippen LogP contribution in [0.4, 0.5) is 5.82 Å². The van der Waals surface area contributed by atoms with Gasteiger partial charge in [-0.1, -0.05) is 24.3 Å². The number of rotatable bonds is 8. The fourth-order valence-corrected chi connectivity index (χ4v) is 3.84. The molecule has 1 fully saturated rings. The normalized spacial score (nSPS) is 14.2. The van der Waals surface area contributed by atoms with Crippen molar-refractivity contribution in [3.63, 3.8) is 0 Å². The number of aromatic nitrogens is 3. The average Bonchev–Trinajstić information content (AvgIpc) is 3.28. The van der Waals surface area contributed by atoms with E-state index in [0.717, 1.165) is 24.2 Å². The minimum Gasteiger partial charge on any atom is -0.493 e. The van der Waals surface area contributed by atoms with Gasteiger partial charge in [0.2, 0.25) is 11.8 Å². The van der Waals surface area contributed by atoms with Gasteiger partial charge in [-0.2, -0.15) is 5.10 Å². The van der Waals surface area contributed by atoms with Crippen LogP contribution >= 0.6 is 0 Å².